The van der Waals surface area contributed by atoms with E-state index in [1.54, 1.807) is 0 Å². The lowest BCUT2D eigenvalue weighted by Gasteiger charge is -2.14. The third-order valence-corrected chi connectivity index (χ3v) is 9.49. The smallest absolute Gasteiger partial charge is 0.165 e. The first-order valence-electron chi connectivity index (χ1n) is 14.9. The minimum Gasteiger partial charge on any atom is -0.455 e. The summed E-state index contributed by atoms with van der Waals surface area (Å²) in [7, 11) is 0. The molecule has 4 heteroatoms. The SMILES string of the molecule is c1ccc2nc(-n3c4cccc5c6cccc7ccc8ccc3c(c8c76)c54)c(-c3cccc4c3oc3ccccc34)nc2c1. The fraction of sp³-hybridized carbons (Fsp3) is 0. The summed E-state index contributed by atoms with van der Waals surface area (Å²) in [6.45, 7) is 0. The van der Waals surface area contributed by atoms with Gasteiger partial charge in [-0.05, 0) is 63.3 Å². The highest BCUT2D eigenvalue weighted by Gasteiger charge is 2.25. The second-order valence-electron chi connectivity index (χ2n) is 11.7. The van der Waals surface area contributed by atoms with Crippen LogP contribution in [-0.2, 0) is 0 Å². The zero-order valence-corrected chi connectivity index (χ0v) is 23.4. The summed E-state index contributed by atoms with van der Waals surface area (Å²) in [5, 5.41) is 12.4. The molecular weight excluding hydrogens is 538 g/mol. The molecule has 0 aliphatic heterocycles. The zero-order valence-electron chi connectivity index (χ0n) is 23.4. The van der Waals surface area contributed by atoms with E-state index in [2.05, 4.69) is 95.6 Å². The van der Waals surface area contributed by atoms with E-state index in [0.717, 1.165) is 61.1 Å². The Kier molecular flexibility index (Phi) is 4.04. The predicted octanol–water partition coefficient (Wildman–Crippen LogP) is 10.6. The van der Waals surface area contributed by atoms with Gasteiger partial charge in [0.1, 0.15) is 16.9 Å². The van der Waals surface area contributed by atoms with Crippen LogP contribution in [0.1, 0.15) is 0 Å². The van der Waals surface area contributed by atoms with Crippen molar-refractivity contribution in [2.75, 3.05) is 0 Å². The monoisotopic (exact) mass is 559 g/mol. The van der Waals surface area contributed by atoms with Crippen LogP contribution < -0.4 is 0 Å². The Bertz CT molecular complexity index is 2950. The van der Waals surface area contributed by atoms with Gasteiger partial charge in [0.2, 0.25) is 0 Å². The summed E-state index contributed by atoms with van der Waals surface area (Å²) in [6, 6.07) is 45.0. The number of hydrogen-bond acceptors (Lipinski definition) is 3. The Balaban J connectivity index is 1.36. The molecule has 0 N–H and O–H groups in total. The Labute approximate surface area is 250 Å². The molecule has 4 nitrogen and oxygen atoms in total. The van der Waals surface area contributed by atoms with E-state index in [9.17, 15) is 0 Å². The highest BCUT2D eigenvalue weighted by Crippen LogP contribution is 2.48. The van der Waals surface area contributed by atoms with E-state index in [1.165, 1.54) is 43.1 Å². The van der Waals surface area contributed by atoms with Crippen molar-refractivity contribution in [2.24, 2.45) is 0 Å². The molecular formula is C40H21N3O. The van der Waals surface area contributed by atoms with Crippen molar-refractivity contribution in [1.82, 2.24) is 14.5 Å². The van der Waals surface area contributed by atoms with E-state index in [0.29, 0.717) is 0 Å². The molecule has 0 saturated carbocycles. The number of hydrogen-bond donors (Lipinski definition) is 0. The molecule has 0 bridgehead atoms. The second-order valence-corrected chi connectivity index (χ2v) is 11.7. The van der Waals surface area contributed by atoms with Crippen molar-refractivity contribution >= 4 is 87.1 Å². The molecule has 0 spiro atoms. The van der Waals surface area contributed by atoms with Gasteiger partial charge in [-0.1, -0.05) is 91.0 Å². The fourth-order valence-corrected chi connectivity index (χ4v) is 7.68. The Morgan fingerprint density at radius 2 is 1.11 bits per heavy atom. The van der Waals surface area contributed by atoms with Crippen LogP contribution in [0.4, 0.5) is 0 Å². The third-order valence-electron chi connectivity index (χ3n) is 9.49. The highest BCUT2D eigenvalue weighted by atomic mass is 16.3. The van der Waals surface area contributed by atoms with Gasteiger partial charge in [-0.2, -0.15) is 0 Å². The van der Waals surface area contributed by atoms with Gasteiger partial charge in [0, 0.05) is 32.5 Å². The quantitative estimate of drug-likeness (QED) is 0.156. The minimum absolute atomic E-state index is 0.797. The van der Waals surface area contributed by atoms with E-state index in [4.69, 9.17) is 14.4 Å². The molecule has 8 aromatic carbocycles. The number of rotatable bonds is 2. The number of benzene rings is 8. The van der Waals surface area contributed by atoms with Gasteiger partial charge < -0.3 is 4.42 Å². The average Bonchev–Trinajstić information content (AvgIpc) is 3.63. The van der Waals surface area contributed by atoms with Crippen LogP contribution in [0.25, 0.3) is 104 Å². The van der Waals surface area contributed by atoms with Crippen molar-refractivity contribution in [3.63, 3.8) is 0 Å². The lowest BCUT2D eigenvalue weighted by Crippen LogP contribution is -2.03. The normalized spacial score (nSPS) is 12.5. The molecule has 0 unspecified atom stereocenters. The summed E-state index contributed by atoms with van der Waals surface area (Å²) in [5.74, 6) is 0.797. The predicted molar refractivity (Wildman–Crippen MR) is 181 cm³/mol. The first kappa shape index (κ1) is 22.6. The molecule has 0 amide bonds. The molecule has 0 saturated heterocycles. The number of aromatic nitrogens is 3. The first-order valence-corrected chi connectivity index (χ1v) is 14.9. The standard InChI is InChI=1S/C40H21N3O/c1-4-17-33-24(9-1)27-12-6-13-28(39(27)44-33)38-40(42-30-15-3-2-14-29(30)41-38)43-31-16-7-11-26-25-10-5-8-22-18-19-23-20-21-32(43)37(36(26)31)35(23)34(22)25/h1-21H. The largest absolute Gasteiger partial charge is 0.455 e. The number of para-hydroxylation sites is 4. The molecule has 0 atom stereocenters. The van der Waals surface area contributed by atoms with E-state index < -0.39 is 0 Å². The van der Waals surface area contributed by atoms with Crippen LogP contribution in [0.15, 0.2) is 132 Å². The van der Waals surface area contributed by atoms with Gasteiger partial charge in [-0.15, -0.1) is 0 Å². The van der Waals surface area contributed by atoms with Crippen LogP contribution >= 0.6 is 0 Å². The van der Waals surface area contributed by atoms with Crippen molar-refractivity contribution in [3.05, 3.63) is 127 Å². The Hall–Kier alpha value is -6.00. The van der Waals surface area contributed by atoms with Crippen LogP contribution in [0.5, 0.6) is 0 Å². The van der Waals surface area contributed by atoms with Crippen LogP contribution in [0, 0.1) is 0 Å². The summed E-state index contributed by atoms with van der Waals surface area (Å²) >= 11 is 0. The number of furan rings is 1. The molecule has 11 aromatic rings. The van der Waals surface area contributed by atoms with Gasteiger partial charge in [-0.25, -0.2) is 9.97 Å². The lowest BCUT2D eigenvalue weighted by molar-refractivity contribution is 0.669. The van der Waals surface area contributed by atoms with E-state index in [1.807, 2.05) is 36.4 Å². The topological polar surface area (TPSA) is 43.9 Å². The van der Waals surface area contributed by atoms with Crippen LogP contribution in [0.2, 0.25) is 0 Å². The second kappa shape index (κ2) is 7.88. The molecule has 11 rings (SSSR count). The van der Waals surface area contributed by atoms with Crippen molar-refractivity contribution in [3.8, 4) is 17.1 Å². The Morgan fingerprint density at radius 3 is 2.02 bits per heavy atom. The average molecular weight is 560 g/mol. The van der Waals surface area contributed by atoms with Gasteiger partial charge in [0.05, 0.1) is 22.1 Å². The zero-order chi connectivity index (χ0) is 28.5. The van der Waals surface area contributed by atoms with Gasteiger partial charge in [0.15, 0.2) is 5.82 Å². The van der Waals surface area contributed by atoms with Crippen LogP contribution in [-0.4, -0.2) is 14.5 Å². The first-order chi connectivity index (χ1) is 21.8. The minimum atomic E-state index is 0.797. The maximum absolute atomic E-state index is 6.54. The molecule has 0 aliphatic rings. The summed E-state index contributed by atoms with van der Waals surface area (Å²) in [4.78, 5) is 10.7. The van der Waals surface area contributed by atoms with Crippen molar-refractivity contribution < 1.29 is 4.42 Å². The van der Waals surface area contributed by atoms with Crippen molar-refractivity contribution in [2.45, 2.75) is 0 Å². The van der Waals surface area contributed by atoms with Gasteiger partial charge >= 0.3 is 0 Å². The molecule has 0 radical (unpaired) electrons. The van der Waals surface area contributed by atoms with Gasteiger partial charge in [-0.3, -0.25) is 4.57 Å². The maximum Gasteiger partial charge on any atom is 0.165 e. The van der Waals surface area contributed by atoms with Crippen LogP contribution in [0.3, 0.4) is 0 Å². The molecule has 202 valence electrons. The molecule has 3 aromatic heterocycles. The summed E-state index contributed by atoms with van der Waals surface area (Å²) < 4.78 is 8.87. The van der Waals surface area contributed by atoms with E-state index in [-0.39, 0.29) is 0 Å². The van der Waals surface area contributed by atoms with Crippen molar-refractivity contribution in [1.29, 1.82) is 0 Å². The van der Waals surface area contributed by atoms with Gasteiger partial charge in [0.25, 0.3) is 0 Å². The van der Waals surface area contributed by atoms with E-state index >= 15 is 0 Å². The highest BCUT2D eigenvalue weighted by molar-refractivity contribution is 6.40. The summed E-state index contributed by atoms with van der Waals surface area (Å²) in [6.07, 6.45) is 0. The fourth-order valence-electron chi connectivity index (χ4n) is 7.68. The number of nitrogens with zero attached hydrogens (tertiary/aromatic N) is 3. The molecule has 44 heavy (non-hydrogen) atoms. The third kappa shape index (κ3) is 2.69. The summed E-state index contributed by atoms with van der Waals surface area (Å²) in [5.41, 5.74) is 7.38. The maximum atomic E-state index is 6.54. The molecule has 0 aliphatic carbocycles. The molecule has 0 fully saturated rings. The Morgan fingerprint density at radius 1 is 0.455 bits per heavy atom. The lowest BCUT2D eigenvalue weighted by atomic mass is 9.89. The molecule has 3 heterocycles. The number of fused-ring (bicyclic) bond motifs is 5.